The Hall–Kier alpha value is -1.77. The summed E-state index contributed by atoms with van der Waals surface area (Å²) in [7, 11) is 0. The van der Waals surface area contributed by atoms with Crippen molar-refractivity contribution in [2.75, 3.05) is 0 Å². The molecule has 1 amide bonds. The van der Waals surface area contributed by atoms with Crippen LogP contribution in [0.15, 0.2) is 43.0 Å². The number of ether oxygens (including phenoxy) is 1. The minimum absolute atomic E-state index is 0.168. The van der Waals surface area contributed by atoms with Crippen LogP contribution in [-0.4, -0.2) is 22.6 Å². The van der Waals surface area contributed by atoms with Gasteiger partial charge in [-0.25, -0.2) is 4.79 Å². The van der Waals surface area contributed by atoms with E-state index in [1.54, 1.807) is 6.08 Å². The van der Waals surface area contributed by atoms with E-state index in [1.807, 2.05) is 23.1 Å². The van der Waals surface area contributed by atoms with Crippen molar-refractivity contribution in [3.63, 3.8) is 0 Å². The molecule has 1 aliphatic heterocycles. The van der Waals surface area contributed by atoms with E-state index >= 15 is 0 Å². The van der Waals surface area contributed by atoms with Gasteiger partial charge in [-0.05, 0) is 24.5 Å². The summed E-state index contributed by atoms with van der Waals surface area (Å²) in [5.41, 5.74) is 0.978. The predicted octanol–water partition coefficient (Wildman–Crippen LogP) is 3.90. The highest BCUT2D eigenvalue weighted by Crippen LogP contribution is 2.43. The SMILES string of the molecule is C=CC1OC(=O)N(Cc2ccccc2)C12CCCCC2. The van der Waals surface area contributed by atoms with Crippen molar-refractivity contribution in [3.05, 3.63) is 48.6 Å². The number of carbonyl (C=O) groups excluding carboxylic acids is 1. The van der Waals surface area contributed by atoms with Crippen LogP contribution in [0.3, 0.4) is 0 Å². The lowest BCUT2D eigenvalue weighted by Gasteiger charge is -2.41. The van der Waals surface area contributed by atoms with Crippen LogP contribution in [0, 0.1) is 0 Å². The monoisotopic (exact) mass is 271 g/mol. The van der Waals surface area contributed by atoms with Crippen molar-refractivity contribution in [1.82, 2.24) is 4.90 Å². The van der Waals surface area contributed by atoms with Crippen LogP contribution >= 0.6 is 0 Å². The van der Waals surface area contributed by atoms with E-state index < -0.39 is 0 Å². The van der Waals surface area contributed by atoms with Crippen molar-refractivity contribution in [1.29, 1.82) is 0 Å². The highest BCUT2D eigenvalue weighted by Gasteiger charge is 2.53. The summed E-state index contributed by atoms with van der Waals surface area (Å²) in [6.07, 6.45) is 7.04. The molecule has 2 aliphatic rings. The fourth-order valence-corrected chi connectivity index (χ4v) is 3.59. The van der Waals surface area contributed by atoms with Crippen LogP contribution in [0.5, 0.6) is 0 Å². The molecule has 1 atom stereocenters. The summed E-state index contributed by atoms with van der Waals surface area (Å²) in [5, 5.41) is 0. The highest BCUT2D eigenvalue weighted by atomic mass is 16.6. The van der Waals surface area contributed by atoms with E-state index in [2.05, 4.69) is 18.7 Å². The average molecular weight is 271 g/mol. The van der Waals surface area contributed by atoms with Gasteiger partial charge in [0.1, 0.15) is 6.10 Å². The van der Waals surface area contributed by atoms with Gasteiger partial charge in [-0.3, -0.25) is 4.90 Å². The van der Waals surface area contributed by atoms with Gasteiger partial charge in [0.25, 0.3) is 0 Å². The number of hydrogen-bond acceptors (Lipinski definition) is 2. The minimum Gasteiger partial charge on any atom is -0.439 e. The Kier molecular flexibility index (Phi) is 3.51. The summed E-state index contributed by atoms with van der Waals surface area (Å²) in [6.45, 7) is 4.49. The maximum atomic E-state index is 12.3. The molecule has 3 heteroatoms. The fraction of sp³-hybridized carbons (Fsp3) is 0.471. The van der Waals surface area contributed by atoms with Gasteiger partial charge in [-0.1, -0.05) is 56.2 Å². The summed E-state index contributed by atoms with van der Waals surface area (Å²) in [6, 6.07) is 10.1. The minimum atomic E-state index is -0.194. The molecule has 3 rings (SSSR count). The van der Waals surface area contributed by atoms with E-state index in [0.717, 1.165) is 31.2 Å². The van der Waals surface area contributed by atoms with Crippen LogP contribution in [0.4, 0.5) is 4.79 Å². The molecule has 20 heavy (non-hydrogen) atoms. The topological polar surface area (TPSA) is 29.5 Å². The largest absolute Gasteiger partial charge is 0.439 e. The Morgan fingerprint density at radius 3 is 2.60 bits per heavy atom. The van der Waals surface area contributed by atoms with E-state index in [4.69, 9.17) is 4.74 Å². The normalized spacial score (nSPS) is 24.7. The molecule has 3 nitrogen and oxygen atoms in total. The van der Waals surface area contributed by atoms with E-state index in [-0.39, 0.29) is 17.7 Å². The third-order valence-corrected chi connectivity index (χ3v) is 4.63. The zero-order valence-corrected chi connectivity index (χ0v) is 11.8. The van der Waals surface area contributed by atoms with Crippen LogP contribution in [0.2, 0.25) is 0 Å². The van der Waals surface area contributed by atoms with Gasteiger partial charge >= 0.3 is 6.09 Å². The molecule has 2 fully saturated rings. The lowest BCUT2D eigenvalue weighted by Crippen LogP contribution is -2.51. The Bertz CT molecular complexity index is 491. The Morgan fingerprint density at radius 1 is 1.25 bits per heavy atom. The molecule has 1 aromatic rings. The maximum Gasteiger partial charge on any atom is 0.411 e. The van der Waals surface area contributed by atoms with Crippen LogP contribution < -0.4 is 0 Å². The molecule has 1 saturated carbocycles. The second-order valence-corrected chi connectivity index (χ2v) is 5.78. The number of benzene rings is 1. The molecule has 0 N–H and O–H groups in total. The van der Waals surface area contributed by atoms with Gasteiger partial charge in [0.2, 0.25) is 0 Å². The Labute approximate surface area is 120 Å². The first-order chi connectivity index (χ1) is 9.76. The summed E-state index contributed by atoms with van der Waals surface area (Å²) in [5.74, 6) is 0. The summed E-state index contributed by atoms with van der Waals surface area (Å²) >= 11 is 0. The van der Waals surface area contributed by atoms with Crippen molar-refractivity contribution >= 4 is 6.09 Å². The lowest BCUT2D eigenvalue weighted by molar-refractivity contribution is 0.0845. The van der Waals surface area contributed by atoms with E-state index in [9.17, 15) is 4.79 Å². The first-order valence-electron chi connectivity index (χ1n) is 7.41. The third kappa shape index (κ3) is 2.11. The molecule has 1 heterocycles. The highest BCUT2D eigenvalue weighted by molar-refractivity contribution is 5.72. The van der Waals surface area contributed by atoms with Crippen molar-refractivity contribution in [2.45, 2.75) is 50.3 Å². The molecule has 0 radical (unpaired) electrons. The molecule has 1 aromatic carbocycles. The van der Waals surface area contributed by atoms with Crippen molar-refractivity contribution in [2.24, 2.45) is 0 Å². The standard InChI is InChI=1S/C17H21NO2/c1-2-15-17(11-7-4-8-12-17)18(16(19)20-15)13-14-9-5-3-6-10-14/h2-3,5-6,9-10,15H,1,4,7-8,11-13H2. The fourth-order valence-electron chi connectivity index (χ4n) is 3.59. The predicted molar refractivity (Wildman–Crippen MR) is 78.3 cm³/mol. The number of nitrogens with zero attached hydrogens (tertiary/aromatic N) is 1. The number of hydrogen-bond donors (Lipinski definition) is 0. The first-order valence-corrected chi connectivity index (χ1v) is 7.41. The van der Waals surface area contributed by atoms with Gasteiger partial charge in [0, 0.05) is 6.54 Å². The number of amides is 1. The maximum absolute atomic E-state index is 12.3. The van der Waals surface area contributed by atoms with Gasteiger partial charge in [0.05, 0.1) is 5.54 Å². The Morgan fingerprint density at radius 2 is 1.95 bits per heavy atom. The second-order valence-electron chi connectivity index (χ2n) is 5.78. The van der Waals surface area contributed by atoms with Gasteiger partial charge < -0.3 is 4.74 Å². The lowest BCUT2D eigenvalue weighted by atomic mass is 9.77. The van der Waals surface area contributed by atoms with Gasteiger partial charge in [-0.15, -0.1) is 0 Å². The molecule has 0 aromatic heterocycles. The van der Waals surface area contributed by atoms with Gasteiger partial charge in [0.15, 0.2) is 0 Å². The van der Waals surface area contributed by atoms with E-state index in [0.29, 0.717) is 6.54 Å². The smallest absolute Gasteiger partial charge is 0.411 e. The molecule has 1 saturated heterocycles. The molecule has 106 valence electrons. The Balaban J connectivity index is 1.90. The zero-order valence-electron chi connectivity index (χ0n) is 11.8. The van der Waals surface area contributed by atoms with Crippen molar-refractivity contribution < 1.29 is 9.53 Å². The second kappa shape index (κ2) is 5.31. The van der Waals surface area contributed by atoms with Crippen LogP contribution in [0.25, 0.3) is 0 Å². The number of rotatable bonds is 3. The molecule has 1 spiro atoms. The quantitative estimate of drug-likeness (QED) is 0.780. The van der Waals surface area contributed by atoms with Gasteiger partial charge in [-0.2, -0.15) is 0 Å². The van der Waals surface area contributed by atoms with Crippen LogP contribution in [-0.2, 0) is 11.3 Å². The first kappa shape index (κ1) is 13.2. The number of cyclic esters (lactones) is 1. The molecular formula is C17H21NO2. The van der Waals surface area contributed by atoms with Crippen LogP contribution in [0.1, 0.15) is 37.7 Å². The molecule has 1 aliphatic carbocycles. The van der Waals surface area contributed by atoms with E-state index in [1.165, 1.54) is 6.42 Å². The summed E-state index contributed by atoms with van der Waals surface area (Å²) in [4.78, 5) is 14.2. The molecule has 0 bridgehead atoms. The third-order valence-electron chi connectivity index (χ3n) is 4.63. The molecular weight excluding hydrogens is 250 g/mol. The number of carbonyl (C=O) groups is 1. The average Bonchev–Trinajstić information content (AvgIpc) is 2.74. The van der Waals surface area contributed by atoms with Crippen molar-refractivity contribution in [3.8, 4) is 0 Å². The molecule has 1 unspecified atom stereocenters. The zero-order chi connectivity index (χ0) is 14.0. The summed E-state index contributed by atoms with van der Waals surface area (Å²) < 4.78 is 5.56.